The van der Waals surface area contributed by atoms with E-state index in [9.17, 15) is 29.7 Å². The summed E-state index contributed by atoms with van der Waals surface area (Å²) in [6, 6.07) is 4.14. The van der Waals surface area contributed by atoms with E-state index in [1.54, 1.807) is 12.1 Å². The lowest BCUT2D eigenvalue weighted by Crippen LogP contribution is -2.47. The Bertz CT molecular complexity index is 2260. The zero-order valence-corrected chi connectivity index (χ0v) is 35.5. The number of hydrogen-bond acceptors (Lipinski definition) is 12. The molecular weight excluding hydrogens is 751 g/mol. The number of phenols is 2. The monoisotopic (exact) mass is 805 g/mol. The number of nitrogens with one attached hydrogen (secondary N) is 1. The molecule has 2 atom stereocenters. The van der Waals surface area contributed by atoms with Gasteiger partial charge < -0.3 is 48.4 Å². The smallest absolute Gasteiger partial charge is 0.342 e. The van der Waals surface area contributed by atoms with Crippen LogP contribution in [0.5, 0.6) is 28.7 Å². The number of ether oxygens (including phenoxy) is 4. The molecule has 0 bridgehead atoms. The summed E-state index contributed by atoms with van der Waals surface area (Å²) >= 11 is 0. The summed E-state index contributed by atoms with van der Waals surface area (Å²) in [5.41, 5.74) is -0.216. The Morgan fingerprint density at radius 1 is 0.947 bits per heavy atom. The Balaban J connectivity index is 1.76. The van der Waals surface area contributed by atoms with Gasteiger partial charge in [0, 0.05) is 17.5 Å². The standard InChI is InChI=1S/C43H55NO12Si/c1-11-12-26-16-24-15-25(18-54-57(21(4)5,22(6)7)23(8)9)30(36(46)31(24)43(50)55-26)33-34(42(49)44-27(17-45)20(2)3)40(51-10)41-35(38(33)48)37(47)32-28(56-41)13-14-29-39(32)53-19-52-29/h13-15,20-23,26-27,45-46,48H,11-12,16-19H2,1-10H3,(H,44,49)/t26-,27-/m1/s1. The van der Waals surface area contributed by atoms with Gasteiger partial charge in [0.05, 0.1) is 31.9 Å². The first kappa shape index (κ1) is 41.8. The highest BCUT2D eigenvalue weighted by molar-refractivity contribution is 6.77. The zero-order valence-electron chi connectivity index (χ0n) is 34.5. The van der Waals surface area contributed by atoms with Gasteiger partial charge in [-0.3, -0.25) is 9.59 Å². The van der Waals surface area contributed by atoms with E-state index in [1.165, 1.54) is 13.2 Å². The molecule has 0 spiro atoms. The number of amides is 1. The third-order valence-electron chi connectivity index (χ3n) is 11.7. The lowest BCUT2D eigenvalue weighted by Gasteiger charge is -2.42. The number of methoxy groups -OCH3 is 1. The molecule has 0 radical (unpaired) electrons. The maximum Gasteiger partial charge on any atom is 0.342 e. The normalized spacial score (nSPS) is 15.9. The summed E-state index contributed by atoms with van der Waals surface area (Å²) in [7, 11) is -1.29. The van der Waals surface area contributed by atoms with Gasteiger partial charge in [0.1, 0.15) is 39.5 Å². The summed E-state index contributed by atoms with van der Waals surface area (Å²) in [5.74, 6) is -2.83. The Morgan fingerprint density at radius 3 is 2.23 bits per heavy atom. The van der Waals surface area contributed by atoms with Crippen molar-refractivity contribution in [2.24, 2.45) is 5.92 Å². The van der Waals surface area contributed by atoms with E-state index in [1.807, 2.05) is 20.8 Å². The molecule has 0 saturated heterocycles. The predicted octanol–water partition coefficient (Wildman–Crippen LogP) is 8.08. The Morgan fingerprint density at radius 2 is 1.63 bits per heavy atom. The second-order valence-electron chi connectivity index (χ2n) is 16.4. The van der Waals surface area contributed by atoms with Crippen molar-refractivity contribution >= 4 is 42.1 Å². The van der Waals surface area contributed by atoms with Gasteiger partial charge in [-0.25, -0.2) is 4.79 Å². The average Bonchev–Trinajstić information content (AvgIpc) is 3.63. The molecule has 13 nitrogen and oxygen atoms in total. The largest absolute Gasteiger partial charge is 0.506 e. The number of cyclic esters (lactones) is 1. The van der Waals surface area contributed by atoms with Crippen molar-refractivity contribution in [3.63, 3.8) is 0 Å². The number of rotatable bonds is 14. The maximum absolute atomic E-state index is 14.7. The van der Waals surface area contributed by atoms with Crippen molar-refractivity contribution in [3.8, 4) is 39.9 Å². The fourth-order valence-corrected chi connectivity index (χ4v) is 14.5. The molecule has 4 N–H and O–H groups in total. The van der Waals surface area contributed by atoms with Crippen LogP contribution in [0, 0.1) is 5.92 Å². The number of aliphatic hydroxyl groups is 1. The predicted molar refractivity (Wildman–Crippen MR) is 218 cm³/mol. The van der Waals surface area contributed by atoms with E-state index in [2.05, 4.69) is 46.9 Å². The van der Waals surface area contributed by atoms with Gasteiger partial charge >= 0.3 is 5.97 Å². The molecule has 6 rings (SSSR count). The van der Waals surface area contributed by atoms with Crippen LogP contribution in [0.25, 0.3) is 33.1 Å². The summed E-state index contributed by atoms with van der Waals surface area (Å²) in [6.07, 6.45) is 1.29. The highest BCUT2D eigenvalue weighted by atomic mass is 28.4. The van der Waals surface area contributed by atoms with E-state index in [4.69, 9.17) is 27.8 Å². The first-order chi connectivity index (χ1) is 27.0. The summed E-state index contributed by atoms with van der Waals surface area (Å²) in [5, 5.41) is 37.8. The van der Waals surface area contributed by atoms with Crippen LogP contribution in [0.4, 0.5) is 0 Å². The van der Waals surface area contributed by atoms with Crippen LogP contribution in [-0.4, -0.2) is 68.2 Å². The number of carbonyl (C=O) groups excluding carboxylic acids is 2. The van der Waals surface area contributed by atoms with E-state index < -0.39 is 55.9 Å². The van der Waals surface area contributed by atoms with Crippen molar-refractivity contribution in [2.75, 3.05) is 20.5 Å². The molecule has 4 aromatic rings. The molecule has 57 heavy (non-hydrogen) atoms. The molecule has 3 aromatic carbocycles. The molecule has 2 aliphatic heterocycles. The van der Waals surface area contributed by atoms with Crippen LogP contribution in [0.15, 0.2) is 27.4 Å². The van der Waals surface area contributed by atoms with Gasteiger partial charge in [0.15, 0.2) is 22.8 Å². The van der Waals surface area contributed by atoms with E-state index in [-0.39, 0.29) is 91.6 Å². The van der Waals surface area contributed by atoms with Crippen LogP contribution in [0.3, 0.4) is 0 Å². The quantitative estimate of drug-likeness (QED) is 0.0547. The molecule has 0 unspecified atom stereocenters. The first-order valence-corrected chi connectivity index (χ1v) is 21.9. The number of benzene rings is 3. The third kappa shape index (κ3) is 6.99. The number of esters is 1. The highest BCUT2D eigenvalue weighted by Gasteiger charge is 2.46. The van der Waals surface area contributed by atoms with Gasteiger partial charge in [0.25, 0.3) is 5.91 Å². The van der Waals surface area contributed by atoms with E-state index >= 15 is 0 Å². The fourth-order valence-electron chi connectivity index (χ4n) is 9.06. The van der Waals surface area contributed by atoms with E-state index in [0.29, 0.717) is 29.7 Å². The van der Waals surface area contributed by atoms with Crippen LogP contribution in [0.1, 0.15) is 107 Å². The first-order valence-electron chi connectivity index (χ1n) is 19.8. The van der Waals surface area contributed by atoms with Gasteiger partial charge in [-0.05, 0) is 52.2 Å². The Hall–Kier alpha value is -4.79. The second kappa shape index (κ2) is 16.2. The molecule has 0 saturated carbocycles. The molecule has 1 amide bonds. The minimum Gasteiger partial charge on any atom is -0.506 e. The summed E-state index contributed by atoms with van der Waals surface area (Å²) < 4.78 is 36.3. The van der Waals surface area contributed by atoms with Crippen molar-refractivity contribution < 1.29 is 52.7 Å². The van der Waals surface area contributed by atoms with Crippen molar-refractivity contribution in [3.05, 3.63) is 50.7 Å². The van der Waals surface area contributed by atoms with Gasteiger partial charge in [-0.1, -0.05) is 74.8 Å². The maximum atomic E-state index is 14.7. The van der Waals surface area contributed by atoms with Crippen molar-refractivity contribution in [2.45, 2.75) is 117 Å². The lowest BCUT2D eigenvalue weighted by molar-refractivity contribution is 0.0232. The summed E-state index contributed by atoms with van der Waals surface area (Å²) in [4.78, 5) is 43.1. The second-order valence-corrected chi connectivity index (χ2v) is 21.8. The molecule has 3 heterocycles. The van der Waals surface area contributed by atoms with Crippen molar-refractivity contribution in [1.82, 2.24) is 5.32 Å². The van der Waals surface area contributed by atoms with Crippen LogP contribution in [-0.2, 0) is 22.2 Å². The van der Waals surface area contributed by atoms with Crippen LogP contribution >= 0.6 is 0 Å². The van der Waals surface area contributed by atoms with Gasteiger partial charge in [-0.15, -0.1) is 0 Å². The van der Waals surface area contributed by atoms with Crippen LogP contribution in [0.2, 0.25) is 16.6 Å². The Kier molecular flexibility index (Phi) is 11.9. The highest BCUT2D eigenvalue weighted by Crippen LogP contribution is 2.52. The fraction of sp³-hybridized carbons (Fsp3) is 0.512. The van der Waals surface area contributed by atoms with Crippen LogP contribution < -0.4 is 25.0 Å². The van der Waals surface area contributed by atoms with Crippen molar-refractivity contribution in [1.29, 1.82) is 0 Å². The van der Waals surface area contributed by atoms with E-state index in [0.717, 1.165) is 6.42 Å². The molecule has 2 aliphatic rings. The van der Waals surface area contributed by atoms with Gasteiger partial charge in [0.2, 0.25) is 20.5 Å². The molecule has 14 heteroatoms. The number of aromatic hydroxyl groups is 2. The summed E-state index contributed by atoms with van der Waals surface area (Å²) in [6.45, 7) is 17.9. The molecule has 0 aliphatic carbocycles. The minimum absolute atomic E-state index is 0.0106. The molecule has 1 aromatic heterocycles. The average molecular weight is 806 g/mol. The number of fused-ring (bicyclic) bond motifs is 5. The number of hydrogen-bond donors (Lipinski definition) is 4. The molecule has 0 fully saturated rings. The topological polar surface area (TPSA) is 183 Å². The SMILES string of the molecule is CCC[C@@H]1Cc2cc(CO[Si](C(C)C)(C(C)C)C(C)C)c(-c3c(C(=O)N[C@H](CO)C(C)C)c(OC)c4oc5ccc6c(c5c(=O)c4c3O)OCO6)c(O)c2C(=O)O1. The molecule has 308 valence electrons. The number of carbonyl (C=O) groups is 2. The zero-order chi connectivity index (χ0) is 41.7. The number of phenolic OH excluding ortho intramolecular Hbond substituents is 2. The molecular formula is C43H55NO12Si. The lowest BCUT2D eigenvalue weighted by atomic mass is 9.85. The Labute approximate surface area is 333 Å². The van der Waals surface area contributed by atoms with Gasteiger partial charge in [-0.2, -0.15) is 0 Å². The number of aliphatic hydroxyl groups excluding tert-OH is 1. The minimum atomic E-state index is -2.58. The third-order valence-corrected chi connectivity index (χ3v) is 17.8.